The number of carbonyl (C=O) groups excluding carboxylic acids is 1. The highest BCUT2D eigenvalue weighted by Crippen LogP contribution is 2.24. The first kappa shape index (κ1) is 18.3. The molecule has 4 rings (SSSR count). The van der Waals surface area contributed by atoms with Crippen molar-refractivity contribution < 1.29 is 9.53 Å². The molecule has 0 N–H and O–H groups in total. The third kappa shape index (κ3) is 3.51. The fourth-order valence-electron chi connectivity index (χ4n) is 3.12. The second-order valence-corrected chi connectivity index (χ2v) is 6.88. The number of ether oxygens (including phenoxy) is 1. The Hall–Kier alpha value is -3.12. The zero-order chi connectivity index (χ0) is 19.7. The van der Waals surface area contributed by atoms with Crippen LogP contribution in [0.5, 0.6) is 0 Å². The summed E-state index contributed by atoms with van der Waals surface area (Å²) in [5.74, 6) is -0.425. The molecule has 0 saturated heterocycles. The molecule has 0 unspecified atom stereocenters. The van der Waals surface area contributed by atoms with E-state index in [1.165, 1.54) is 0 Å². The lowest BCUT2D eigenvalue weighted by atomic mass is 10.1. The molecule has 28 heavy (non-hydrogen) atoms. The molecule has 0 bridgehead atoms. The van der Waals surface area contributed by atoms with Gasteiger partial charge in [-0.15, -0.1) is 0 Å². The number of aryl methyl sites for hydroxylation is 1. The third-order valence-electron chi connectivity index (χ3n) is 4.45. The number of hydrogen-bond acceptors (Lipinski definition) is 4. The quantitative estimate of drug-likeness (QED) is 0.471. The van der Waals surface area contributed by atoms with Gasteiger partial charge in [-0.3, -0.25) is 4.68 Å². The number of esters is 1. The van der Waals surface area contributed by atoms with Gasteiger partial charge in [-0.25, -0.2) is 9.31 Å². The first-order valence-electron chi connectivity index (χ1n) is 9.00. The van der Waals surface area contributed by atoms with Crippen molar-refractivity contribution in [2.45, 2.75) is 20.4 Å². The summed E-state index contributed by atoms with van der Waals surface area (Å²) in [6, 6.07) is 17.4. The normalized spacial score (nSPS) is 11.1. The van der Waals surface area contributed by atoms with Crippen LogP contribution in [0, 0.1) is 6.92 Å². The summed E-state index contributed by atoms with van der Waals surface area (Å²) in [6.07, 6.45) is 0. The third-order valence-corrected chi connectivity index (χ3v) is 4.66. The number of aromatic nitrogens is 4. The van der Waals surface area contributed by atoms with Crippen LogP contribution in [0.3, 0.4) is 0 Å². The molecule has 0 saturated carbocycles. The van der Waals surface area contributed by atoms with Gasteiger partial charge in [0, 0.05) is 16.3 Å². The molecule has 0 fully saturated rings. The van der Waals surface area contributed by atoms with Crippen molar-refractivity contribution in [1.82, 2.24) is 19.4 Å². The molecule has 142 valence electrons. The predicted octanol–water partition coefficient (Wildman–Crippen LogP) is 4.38. The molecule has 7 heteroatoms. The highest BCUT2D eigenvalue weighted by Gasteiger charge is 2.15. The van der Waals surface area contributed by atoms with Crippen LogP contribution in [0.4, 0.5) is 0 Å². The number of fused-ring (bicyclic) bond motifs is 1. The molecule has 0 aliphatic carbocycles. The molecule has 3 aromatic heterocycles. The molecular weight excluding hydrogens is 376 g/mol. The van der Waals surface area contributed by atoms with Crippen molar-refractivity contribution in [2.24, 2.45) is 0 Å². The predicted molar refractivity (Wildman–Crippen MR) is 108 cm³/mol. The Bertz CT molecular complexity index is 1150. The van der Waals surface area contributed by atoms with Crippen LogP contribution in [-0.4, -0.2) is 32.0 Å². The van der Waals surface area contributed by atoms with E-state index in [1.807, 2.05) is 60.0 Å². The van der Waals surface area contributed by atoms with Gasteiger partial charge in [-0.2, -0.15) is 10.2 Å². The van der Waals surface area contributed by atoms with E-state index in [0.29, 0.717) is 23.9 Å². The Kier molecular flexibility index (Phi) is 4.88. The highest BCUT2D eigenvalue weighted by molar-refractivity contribution is 6.31. The summed E-state index contributed by atoms with van der Waals surface area (Å²) in [4.78, 5) is 12.0. The smallest absolute Gasteiger partial charge is 0.358 e. The summed E-state index contributed by atoms with van der Waals surface area (Å²) >= 11 is 6.34. The van der Waals surface area contributed by atoms with E-state index in [0.717, 1.165) is 28.2 Å². The fourth-order valence-corrected chi connectivity index (χ4v) is 3.36. The maximum atomic E-state index is 12.0. The van der Waals surface area contributed by atoms with Crippen molar-refractivity contribution in [3.8, 4) is 11.3 Å². The molecule has 3 heterocycles. The van der Waals surface area contributed by atoms with Crippen molar-refractivity contribution in [3.63, 3.8) is 0 Å². The van der Waals surface area contributed by atoms with Gasteiger partial charge in [0.25, 0.3) is 0 Å². The van der Waals surface area contributed by atoms with Gasteiger partial charge in [-0.05, 0) is 38.1 Å². The Morgan fingerprint density at radius 1 is 1.11 bits per heavy atom. The van der Waals surface area contributed by atoms with Crippen LogP contribution in [0.1, 0.15) is 28.8 Å². The van der Waals surface area contributed by atoms with Gasteiger partial charge in [0.05, 0.1) is 30.1 Å². The van der Waals surface area contributed by atoms with E-state index in [9.17, 15) is 4.79 Å². The number of benzene rings is 1. The first-order valence-corrected chi connectivity index (χ1v) is 9.38. The van der Waals surface area contributed by atoms with Crippen LogP contribution < -0.4 is 0 Å². The molecule has 0 radical (unpaired) electrons. The molecule has 1 aromatic carbocycles. The molecule has 0 aliphatic rings. The summed E-state index contributed by atoms with van der Waals surface area (Å²) in [5, 5.41) is 9.75. The average Bonchev–Trinajstić information content (AvgIpc) is 3.27. The number of hydrogen-bond donors (Lipinski definition) is 0. The number of nitrogens with zero attached hydrogens (tertiary/aromatic N) is 4. The maximum Gasteiger partial charge on any atom is 0.358 e. The van der Waals surface area contributed by atoms with Crippen LogP contribution in [0.15, 0.2) is 54.6 Å². The summed E-state index contributed by atoms with van der Waals surface area (Å²) < 4.78 is 8.65. The molecule has 0 aliphatic heterocycles. The van der Waals surface area contributed by atoms with E-state index >= 15 is 0 Å². The standard InChI is InChI=1S/C21H19ClN4O2/c1-3-28-21(27)20-9-14(2)25(23-20)13-18-11-16(22)10-17-12-19(24-26(17)18)15-7-5-4-6-8-15/h4-12H,3,13H2,1-2H3. The maximum absolute atomic E-state index is 12.0. The van der Waals surface area contributed by atoms with Crippen molar-refractivity contribution >= 4 is 23.1 Å². The van der Waals surface area contributed by atoms with Gasteiger partial charge in [0.15, 0.2) is 5.69 Å². The van der Waals surface area contributed by atoms with Crippen molar-refractivity contribution in [2.75, 3.05) is 6.61 Å². The van der Waals surface area contributed by atoms with Gasteiger partial charge >= 0.3 is 5.97 Å². The Morgan fingerprint density at radius 3 is 2.64 bits per heavy atom. The SMILES string of the molecule is CCOC(=O)c1cc(C)n(Cc2cc(Cl)cc3cc(-c4ccccc4)nn23)n1. The van der Waals surface area contributed by atoms with E-state index in [-0.39, 0.29) is 0 Å². The number of pyridine rings is 1. The summed E-state index contributed by atoms with van der Waals surface area (Å²) in [5.41, 5.74) is 4.82. The molecule has 6 nitrogen and oxygen atoms in total. The number of carbonyl (C=O) groups is 1. The van der Waals surface area contributed by atoms with Crippen molar-refractivity contribution in [1.29, 1.82) is 0 Å². The lowest BCUT2D eigenvalue weighted by Gasteiger charge is -2.08. The Morgan fingerprint density at radius 2 is 1.89 bits per heavy atom. The van der Waals surface area contributed by atoms with Gasteiger partial charge < -0.3 is 4.74 Å². The largest absolute Gasteiger partial charge is 0.461 e. The van der Waals surface area contributed by atoms with E-state index in [4.69, 9.17) is 21.4 Å². The van der Waals surface area contributed by atoms with E-state index in [1.54, 1.807) is 17.7 Å². The first-order chi connectivity index (χ1) is 13.5. The van der Waals surface area contributed by atoms with E-state index in [2.05, 4.69) is 5.10 Å². The van der Waals surface area contributed by atoms with Crippen molar-refractivity contribution in [3.05, 3.63) is 76.7 Å². The monoisotopic (exact) mass is 394 g/mol. The lowest BCUT2D eigenvalue weighted by molar-refractivity contribution is 0.0518. The average molecular weight is 395 g/mol. The van der Waals surface area contributed by atoms with E-state index < -0.39 is 5.97 Å². The minimum atomic E-state index is -0.425. The summed E-state index contributed by atoms with van der Waals surface area (Å²) in [7, 11) is 0. The summed E-state index contributed by atoms with van der Waals surface area (Å²) in [6.45, 7) is 4.41. The minimum Gasteiger partial charge on any atom is -0.461 e. The second-order valence-electron chi connectivity index (χ2n) is 6.45. The topological polar surface area (TPSA) is 61.4 Å². The van der Waals surface area contributed by atoms with Crippen LogP contribution in [0.25, 0.3) is 16.8 Å². The number of halogens is 1. The minimum absolute atomic E-state index is 0.295. The molecule has 0 atom stereocenters. The van der Waals surface area contributed by atoms with Gasteiger partial charge in [0.2, 0.25) is 0 Å². The molecule has 0 spiro atoms. The number of rotatable bonds is 5. The van der Waals surface area contributed by atoms with Gasteiger partial charge in [0.1, 0.15) is 0 Å². The van der Waals surface area contributed by atoms with Crippen LogP contribution >= 0.6 is 11.6 Å². The Balaban J connectivity index is 1.73. The molecule has 4 aromatic rings. The van der Waals surface area contributed by atoms with Gasteiger partial charge in [-0.1, -0.05) is 41.9 Å². The highest BCUT2D eigenvalue weighted by atomic mass is 35.5. The Labute approximate surface area is 167 Å². The zero-order valence-corrected chi connectivity index (χ0v) is 16.3. The lowest BCUT2D eigenvalue weighted by Crippen LogP contribution is -2.11. The second kappa shape index (κ2) is 7.48. The van der Waals surface area contributed by atoms with Crippen LogP contribution in [-0.2, 0) is 11.3 Å². The zero-order valence-electron chi connectivity index (χ0n) is 15.6. The molecule has 0 amide bonds. The molecular formula is C21H19ClN4O2. The van der Waals surface area contributed by atoms with Crippen LogP contribution in [0.2, 0.25) is 5.02 Å². The fraction of sp³-hybridized carbons (Fsp3) is 0.190.